The van der Waals surface area contributed by atoms with Crippen LogP contribution in [0, 0.1) is 5.92 Å². The van der Waals surface area contributed by atoms with Gasteiger partial charge in [-0.05, 0) is 38.9 Å². The number of halogens is 2. The minimum Gasteiger partial charge on any atom is -0.414 e. The van der Waals surface area contributed by atoms with Crippen LogP contribution in [0.15, 0.2) is 12.7 Å². The zero-order chi connectivity index (χ0) is 12.8. The van der Waals surface area contributed by atoms with Crippen molar-refractivity contribution < 1.29 is 13.2 Å². The van der Waals surface area contributed by atoms with E-state index in [0.29, 0.717) is 19.3 Å². The van der Waals surface area contributed by atoms with Crippen molar-refractivity contribution in [3.63, 3.8) is 0 Å². The van der Waals surface area contributed by atoms with E-state index in [0.717, 1.165) is 0 Å². The predicted molar refractivity (Wildman–Crippen MR) is 67.4 cm³/mol. The maximum absolute atomic E-state index is 12.7. The topological polar surface area (TPSA) is 9.23 Å². The number of alkyl halides is 2. The number of hydrogen-bond acceptors (Lipinski definition) is 1. The van der Waals surface area contributed by atoms with Crippen LogP contribution < -0.4 is 0 Å². The molecule has 0 saturated carbocycles. The van der Waals surface area contributed by atoms with Gasteiger partial charge in [-0.3, -0.25) is 0 Å². The molecule has 0 saturated heterocycles. The fourth-order valence-electron chi connectivity index (χ4n) is 1.66. The molecule has 2 atom stereocenters. The lowest BCUT2D eigenvalue weighted by atomic mass is 9.98. The van der Waals surface area contributed by atoms with Crippen LogP contribution in [0.5, 0.6) is 0 Å². The van der Waals surface area contributed by atoms with Crippen LogP contribution in [0.1, 0.15) is 26.2 Å². The fraction of sp³-hybridized carbons (Fsp3) is 0.833. The van der Waals surface area contributed by atoms with Crippen LogP contribution in [-0.4, -0.2) is 20.8 Å². The Morgan fingerprint density at radius 3 is 2.19 bits per heavy atom. The lowest BCUT2D eigenvalue weighted by molar-refractivity contribution is 0.0424. The molecule has 0 heterocycles. The van der Waals surface area contributed by atoms with Crippen molar-refractivity contribution in [2.75, 3.05) is 0 Å². The van der Waals surface area contributed by atoms with E-state index in [-0.39, 0.29) is 6.10 Å². The highest BCUT2D eigenvalue weighted by atomic mass is 28.4. The van der Waals surface area contributed by atoms with Gasteiger partial charge in [-0.2, -0.15) is 0 Å². The van der Waals surface area contributed by atoms with Gasteiger partial charge in [-0.1, -0.05) is 13.0 Å². The molecule has 16 heavy (non-hydrogen) atoms. The van der Waals surface area contributed by atoms with Gasteiger partial charge < -0.3 is 4.43 Å². The monoisotopic (exact) mass is 250 g/mol. The van der Waals surface area contributed by atoms with Crippen LogP contribution in [0.2, 0.25) is 19.6 Å². The van der Waals surface area contributed by atoms with Crippen molar-refractivity contribution in [3.05, 3.63) is 12.7 Å². The van der Waals surface area contributed by atoms with Gasteiger partial charge in [0, 0.05) is 12.0 Å². The Labute approximate surface area is 99.0 Å². The van der Waals surface area contributed by atoms with E-state index in [2.05, 4.69) is 26.2 Å². The third kappa shape index (κ3) is 7.12. The molecule has 0 fully saturated rings. The summed E-state index contributed by atoms with van der Waals surface area (Å²) in [6.45, 7) is 11.7. The van der Waals surface area contributed by atoms with Gasteiger partial charge in [-0.15, -0.1) is 6.58 Å². The van der Waals surface area contributed by atoms with Gasteiger partial charge in [0.2, 0.25) is 6.43 Å². The molecule has 2 unspecified atom stereocenters. The Balaban J connectivity index is 4.36. The molecular formula is C12H24F2OSi. The summed E-state index contributed by atoms with van der Waals surface area (Å²) in [6.07, 6.45) is 1.01. The van der Waals surface area contributed by atoms with Crippen LogP contribution in [0.3, 0.4) is 0 Å². The van der Waals surface area contributed by atoms with Crippen LogP contribution in [-0.2, 0) is 4.43 Å². The van der Waals surface area contributed by atoms with E-state index < -0.39 is 20.7 Å². The summed E-state index contributed by atoms with van der Waals surface area (Å²) in [7, 11) is -1.66. The Hall–Kier alpha value is -0.223. The Morgan fingerprint density at radius 2 is 1.88 bits per heavy atom. The molecule has 0 aromatic rings. The highest BCUT2D eigenvalue weighted by Gasteiger charge is 2.26. The van der Waals surface area contributed by atoms with E-state index in [1.807, 2.05) is 0 Å². The number of hydrogen-bond donors (Lipinski definition) is 0. The van der Waals surface area contributed by atoms with Gasteiger partial charge in [0.15, 0.2) is 8.32 Å². The predicted octanol–water partition coefficient (Wildman–Crippen LogP) is 4.46. The summed E-state index contributed by atoms with van der Waals surface area (Å²) >= 11 is 0. The van der Waals surface area contributed by atoms with Crippen LogP contribution in [0.25, 0.3) is 0 Å². The third-order valence-electron chi connectivity index (χ3n) is 2.40. The summed E-state index contributed by atoms with van der Waals surface area (Å²) in [6, 6.07) is 0. The molecule has 0 aliphatic carbocycles. The SMILES string of the molecule is C=CCC(CC(CC)C(F)F)O[Si](C)(C)C. The average molecular weight is 250 g/mol. The second-order valence-corrected chi connectivity index (χ2v) is 9.58. The molecule has 0 radical (unpaired) electrons. The lowest BCUT2D eigenvalue weighted by Gasteiger charge is -2.28. The first-order valence-corrected chi connectivity index (χ1v) is 9.27. The third-order valence-corrected chi connectivity index (χ3v) is 3.44. The standard InChI is InChI=1S/C12H24F2OSi/c1-6-8-11(15-16(3,4)5)9-10(7-2)12(13)14/h6,10-12H,1,7-9H2,2-5H3. The quantitative estimate of drug-likeness (QED) is 0.456. The van der Waals surface area contributed by atoms with E-state index in [1.165, 1.54) is 0 Å². The largest absolute Gasteiger partial charge is 0.414 e. The summed E-state index contributed by atoms with van der Waals surface area (Å²) in [5.41, 5.74) is 0. The van der Waals surface area contributed by atoms with Gasteiger partial charge in [-0.25, -0.2) is 8.78 Å². The van der Waals surface area contributed by atoms with Gasteiger partial charge in [0.1, 0.15) is 0 Å². The summed E-state index contributed by atoms with van der Waals surface area (Å²) in [5, 5.41) is 0. The molecule has 0 aliphatic rings. The molecule has 0 aliphatic heterocycles. The fourth-order valence-corrected chi connectivity index (χ4v) is 2.86. The molecule has 0 aromatic carbocycles. The molecule has 4 heteroatoms. The minimum atomic E-state index is -2.25. The molecule has 0 bridgehead atoms. The maximum Gasteiger partial charge on any atom is 0.241 e. The molecule has 1 nitrogen and oxygen atoms in total. The molecule has 0 N–H and O–H groups in total. The lowest BCUT2D eigenvalue weighted by Crippen LogP contribution is -2.33. The molecule has 0 aromatic heterocycles. The first-order chi connectivity index (χ1) is 7.30. The van der Waals surface area contributed by atoms with Crippen molar-refractivity contribution in [2.24, 2.45) is 5.92 Å². The maximum atomic E-state index is 12.7. The molecule has 96 valence electrons. The molecule has 0 amide bonds. The van der Waals surface area contributed by atoms with Crippen LogP contribution in [0.4, 0.5) is 8.78 Å². The normalized spacial score (nSPS) is 16.2. The highest BCUT2D eigenvalue weighted by Crippen LogP contribution is 2.24. The van der Waals surface area contributed by atoms with Gasteiger partial charge in [0.25, 0.3) is 0 Å². The van der Waals surface area contributed by atoms with E-state index in [1.54, 1.807) is 13.0 Å². The summed E-state index contributed by atoms with van der Waals surface area (Å²) in [5.74, 6) is -0.554. The smallest absolute Gasteiger partial charge is 0.241 e. The minimum absolute atomic E-state index is 0.0943. The molecule has 0 spiro atoms. The first-order valence-electron chi connectivity index (χ1n) is 5.87. The highest BCUT2D eigenvalue weighted by molar-refractivity contribution is 6.69. The van der Waals surface area contributed by atoms with Gasteiger partial charge in [0.05, 0.1) is 0 Å². The number of rotatable bonds is 8. The first kappa shape index (κ1) is 15.8. The Bertz CT molecular complexity index is 202. The average Bonchev–Trinajstić information content (AvgIpc) is 2.11. The van der Waals surface area contributed by atoms with Crippen molar-refractivity contribution in [1.82, 2.24) is 0 Å². The summed E-state index contributed by atoms with van der Waals surface area (Å²) in [4.78, 5) is 0. The van der Waals surface area contributed by atoms with Crippen molar-refractivity contribution in [2.45, 2.75) is 58.4 Å². The van der Waals surface area contributed by atoms with E-state index in [4.69, 9.17) is 4.43 Å². The molecular weight excluding hydrogens is 226 g/mol. The zero-order valence-electron chi connectivity index (χ0n) is 10.8. The van der Waals surface area contributed by atoms with Crippen molar-refractivity contribution in [1.29, 1.82) is 0 Å². The van der Waals surface area contributed by atoms with Gasteiger partial charge >= 0.3 is 0 Å². The summed E-state index contributed by atoms with van der Waals surface area (Å²) < 4.78 is 31.2. The van der Waals surface area contributed by atoms with Crippen LogP contribution >= 0.6 is 0 Å². The Morgan fingerprint density at radius 1 is 1.31 bits per heavy atom. The molecule has 0 rings (SSSR count). The second-order valence-electron chi connectivity index (χ2n) is 5.12. The zero-order valence-corrected chi connectivity index (χ0v) is 11.8. The second kappa shape index (κ2) is 7.17. The van der Waals surface area contributed by atoms with Crippen molar-refractivity contribution >= 4 is 8.32 Å². The Kier molecular flexibility index (Phi) is 7.07. The van der Waals surface area contributed by atoms with E-state index >= 15 is 0 Å². The van der Waals surface area contributed by atoms with E-state index in [9.17, 15) is 8.78 Å². The van der Waals surface area contributed by atoms with Crippen molar-refractivity contribution in [3.8, 4) is 0 Å².